The van der Waals surface area contributed by atoms with Crippen LogP contribution in [0.15, 0.2) is 58.8 Å². The second kappa shape index (κ2) is 5.17. The second-order valence-corrected chi connectivity index (χ2v) is 6.24. The van der Waals surface area contributed by atoms with Crippen molar-refractivity contribution in [1.29, 1.82) is 0 Å². The molecule has 0 unspecified atom stereocenters. The molecule has 1 aromatic heterocycles. The summed E-state index contributed by atoms with van der Waals surface area (Å²) in [5.74, 6) is 1.05. The van der Waals surface area contributed by atoms with E-state index in [4.69, 9.17) is 0 Å². The third kappa shape index (κ3) is 2.31. The zero-order valence-corrected chi connectivity index (χ0v) is 11.9. The molecule has 18 heavy (non-hydrogen) atoms. The molecule has 0 spiro atoms. The highest BCUT2D eigenvalue weighted by molar-refractivity contribution is 7.98. The first-order valence-electron chi connectivity index (χ1n) is 5.98. The lowest BCUT2D eigenvalue weighted by Crippen LogP contribution is -1.79. The molecule has 0 bridgehead atoms. The predicted octanol–water partition coefficient (Wildman–Crippen LogP) is 5.50. The number of fused-ring (bicyclic) bond motifs is 1. The summed E-state index contributed by atoms with van der Waals surface area (Å²) in [7, 11) is 0. The van der Waals surface area contributed by atoms with Crippen LogP contribution in [0.4, 0.5) is 0 Å². The molecule has 0 aliphatic carbocycles. The number of hydrogen-bond donors (Lipinski definition) is 0. The number of hydrogen-bond acceptors (Lipinski definition) is 2. The lowest BCUT2D eigenvalue weighted by molar-refractivity contribution is 1.42. The van der Waals surface area contributed by atoms with Gasteiger partial charge in [-0.05, 0) is 40.9 Å². The Labute approximate surface area is 116 Å². The molecule has 0 aliphatic rings. The lowest BCUT2D eigenvalue weighted by Gasteiger charge is -2.01. The van der Waals surface area contributed by atoms with Gasteiger partial charge in [0.25, 0.3) is 0 Å². The van der Waals surface area contributed by atoms with Gasteiger partial charge in [-0.1, -0.05) is 36.4 Å². The van der Waals surface area contributed by atoms with Crippen LogP contribution in [0.1, 0.15) is 11.1 Å². The van der Waals surface area contributed by atoms with Crippen molar-refractivity contribution in [2.24, 2.45) is 0 Å². The van der Waals surface area contributed by atoms with Crippen molar-refractivity contribution in [3.63, 3.8) is 0 Å². The van der Waals surface area contributed by atoms with Gasteiger partial charge in [-0.15, -0.1) is 23.1 Å². The maximum Gasteiger partial charge on any atom is 0.0375 e. The molecule has 0 N–H and O–H groups in total. The first-order valence-corrected chi connectivity index (χ1v) is 7.84. The van der Waals surface area contributed by atoms with E-state index in [1.165, 1.54) is 26.1 Å². The molecule has 2 heteroatoms. The molecular formula is C16H14S2. The van der Waals surface area contributed by atoms with Crippen molar-refractivity contribution in [2.75, 3.05) is 0 Å². The molecule has 3 rings (SSSR count). The zero-order chi connectivity index (χ0) is 12.4. The Morgan fingerprint density at radius 1 is 1.00 bits per heavy atom. The van der Waals surface area contributed by atoms with Gasteiger partial charge in [-0.25, -0.2) is 0 Å². The third-order valence-corrected chi connectivity index (χ3v) is 5.26. The van der Waals surface area contributed by atoms with E-state index in [9.17, 15) is 0 Å². The van der Waals surface area contributed by atoms with E-state index >= 15 is 0 Å². The molecule has 0 saturated heterocycles. The van der Waals surface area contributed by atoms with Gasteiger partial charge in [-0.3, -0.25) is 0 Å². The first-order chi connectivity index (χ1) is 8.84. The molecule has 90 valence electrons. The molecular weight excluding hydrogens is 256 g/mol. The molecule has 0 aliphatic heterocycles. The summed E-state index contributed by atoms with van der Waals surface area (Å²) in [6.45, 7) is 2.19. The Bertz CT molecular complexity index is 653. The van der Waals surface area contributed by atoms with Gasteiger partial charge in [-0.2, -0.15) is 0 Å². The summed E-state index contributed by atoms with van der Waals surface area (Å²) < 4.78 is 1.43. The standard InChI is InChI=1S/C16H14S2/c1-12-6-5-9-15-13(11-18-16(12)15)10-17-14-7-3-2-4-8-14/h2-9,11H,10H2,1H3. The number of aryl methyl sites for hydroxylation is 1. The summed E-state index contributed by atoms with van der Waals surface area (Å²) >= 11 is 3.77. The fourth-order valence-corrected chi connectivity index (χ4v) is 4.11. The normalized spacial score (nSPS) is 10.9. The van der Waals surface area contributed by atoms with E-state index < -0.39 is 0 Å². The zero-order valence-electron chi connectivity index (χ0n) is 10.2. The number of benzene rings is 2. The van der Waals surface area contributed by atoms with Crippen LogP contribution in [0.2, 0.25) is 0 Å². The lowest BCUT2D eigenvalue weighted by atomic mass is 10.1. The van der Waals surface area contributed by atoms with Crippen LogP contribution in [0.25, 0.3) is 10.1 Å². The van der Waals surface area contributed by atoms with E-state index in [1.54, 1.807) is 0 Å². The monoisotopic (exact) mass is 270 g/mol. The molecule has 2 aromatic carbocycles. The molecule has 0 atom stereocenters. The first kappa shape index (κ1) is 11.8. The number of thiophene rings is 1. The fourth-order valence-electron chi connectivity index (χ4n) is 2.04. The van der Waals surface area contributed by atoms with Crippen LogP contribution in [-0.4, -0.2) is 0 Å². The van der Waals surface area contributed by atoms with Crippen LogP contribution in [0, 0.1) is 6.92 Å². The average molecular weight is 270 g/mol. The van der Waals surface area contributed by atoms with E-state index in [-0.39, 0.29) is 0 Å². The van der Waals surface area contributed by atoms with Crippen molar-refractivity contribution in [1.82, 2.24) is 0 Å². The Morgan fingerprint density at radius 2 is 1.83 bits per heavy atom. The Kier molecular flexibility index (Phi) is 3.39. The molecule has 3 aromatic rings. The highest BCUT2D eigenvalue weighted by atomic mass is 32.2. The summed E-state index contributed by atoms with van der Waals surface area (Å²) in [6, 6.07) is 17.2. The summed E-state index contributed by atoms with van der Waals surface area (Å²) in [6.07, 6.45) is 0. The maximum absolute atomic E-state index is 2.30. The van der Waals surface area contributed by atoms with Crippen LogP contribution < -0.4 is 0 Å². The van der Waals surface area contributed by atoms with E-state index in [1.807, 2.05) is 23.1 Å². The van der Waals surface area contributed by atoms with Gasteiger partial charge >= 0.3 is 0 Å². The van der Waals surface area contributed by atoms with Gasteiger partial charge in [0.1, 0.15) is 0 Å². The van der Waals surface area contributed by atoms with Gasteiger partial charge in [0.2, 0.25) is 0 Å². The van der Waals surface area contributed by atoms with E-state index in [0.717, 1.165) is 5.75 Å². The van der Waals surface area contributed by atoms with Crippen molar-refractivity contribution < 1.29 is 0 Å². The molecule has 0 nitrogen and oxygen atoms in total. The molecule has 1 heterocycles. The van der Waals surface area contributed by atoms with Crippen molar-refractivity contribution in [3.05, 3.63) is 65.0 Å². The molecule has 0 radical (unpaired) electrons. The van der Waals surface area contributed by atoms with Crippen molar-refractivity contribution in [3.8, 4) is 0 Å². The quantitative estimate of drug-likeness (QED) is 0.566. The maximum atomic E-state index is 2.30. The highest BCUT2D eigenvalue weighted by Gasteiger charge is 2.05. The van der Waals surface area contributed by atoms with Crippen molar-refractivity contribution >= 4 is 33.2 Å². The van der Waals surface area contributed by atoms with Crippen LogP contribution in [0.3, 0.4) is 0 Å². The van der Waals surface area contributed by atoms with Crippen molar-refractivity contribution in [2.45, 2.75) is 17.6 Å². The van der Waals surface area contributed by atoms with Gasteiger partial charge in [0.15, 0.2) is 0 Å². The van der Waals surface area contributed by atoms with E-state index in [0.29, 0.717) is 0 Å². The third-order valence-electron chi connectivity index (χ3n) is 3.01. The summed E-state index contributed by atoms with van der Waals surface area (Å²) in [5, 5.41) is 3.72. The minimum Gasteiger partial charge on any atom is -0.143 e. The van der Waals surface area contributed by atoms with E-state index in [2.05, 4.69) is 60.8 Å². The minimum absolute atomic E-state index is 1.05. The largest absolute Gasteiger partial charge is 0.143 e. The predicted molar refractivity (Wildman–Crippen MR) is 82.6 cm³/mol. The van der Waals surface area contributed by atoms with Crippen LogP contribution in [-0.2, 0) is 5.75 Å². The number of thioether (sulfide) groups is 1. The fraction of sp³-hybridized carbons (Fsp3) is 0.125. The SMILES string of the molecule is Cc1cccc2c(CSc3ccccc3)csc12. The smallest absolute Gasteiger partial charge is 0.0375 e. The van der Waals surface area contributed by atoms with Gasteiger partial charge in [0, 0.05) is 15.3 Å². The Hall–Kier alpha value is -1.25. The molecule has 0 saturated carbocycles. The molecule has 0 fully saturated rings. The van der Waals surface area contributed by atoms with Gasteiger partial charge in [0.05, 0.1) is 0 Å². The van der Waals surface area contributed by atoms with Gasteiger partial charge < -0.3 is 0 Å². The topological polar surface area (TPSA) is 0 Å². The Balaban J connectivity index is 1.85. The van der Waals surface area contributed by atoms with Crippen LogP contribution in [0.5, 0.6) is 0 Å². The average Bonchev–Trinajstić information content (AvgIpc) is 2.82. The second-order valence-electron chi connectivity index (χ2n) is 4.31. The Morgan fingerprint density at radius 3 is 2.67 bits per heavy atom. The summed E-state index contributed by atoms with van der Waals surface area (Å²) in [4.78, 5) is 1.34. The minimum atomic E-state index is 1.05. The number of rotatable bonds is 3. The summed E-state index contributed by atoms with van der Waals surface area (Å²) in [5.41, 5.74) is 2.83. The van der Waals surface area contributed by atoms with Crippen LogP contribution >= 0.6 is 23.1 Å². The molecule has 0 amide bonds. The highest BCUT2D eigenvalue weighted by Crippen LogP contribution is 2.32.